The first-order chi connectivity index (χ1) is 21.5. The van der Waals surface area contributed by atoms with Gasteiger partial charge in [-0.05, 0) is 79.9 Å². The first-order valence-corrected chi connectivity index (χ1v) is 15.8. The Morgan fingerprint density at radius 1 is 0.977 bits per heavy atom. The van der Waals surface area contributed by atoms with Crippen molar-refractivity contribution >= 4 is 34.5 Å². The smallest absolute Gasteiger partial charge is 0.253 e. The SMILES string of the molecule is CN(CC(CCN1CCC(Nc2nc3ccccc3n2Cc2ccccn2)CC1)c1cccc(Cl)c1)C(=O)c1ccccc1. The van der Waals surface area contributed by atoms with Crippen LogP contribution in [0.15, 0.2) is 103 Å². The molecule has 7 nitrogen and oxygen atoms in total. The summed E-state index contributed by atoms with van der Waals surface area (Å²) in [6.45, 7) is 4.31. The number of aromatic nitrogens is 3. The number of pyridine rings is 1. The Balaban J connectivity index is 1.08. The number of nitrogens with one attached hydrogen (secondary N) is 1. The molecule has 1 aliphatic rings. The highest BCUT2D eigenvalue weighted by Gasteiger charge is 2.24. The van der Waals surface area contributed by atoms with Crippen molar-refractivity contribution in [1.29, 1.82) is 0 Å². The van der Waals surface area contributed by atoms with Gasteiger partial charge in [-0.15, -0.1) is 0 Å². The van der Waals surface area contributed by atoms with Crippen LogP contribution in [-0.2, 0) is 6.54 Å². The molecule has 6 rings (SSSR count). The molecule has 1 aliphatic heterocycles. The zero-order valence-corrected chi connectivity index (χ0v) is 25.9. The Labute approximate surface area is 264 Å². The molecule has 44 heavy (non-hydrogen) atoms. The average Bonchev–Trinajstić information content (AvgIpc) is 3.40. The lowest BCUT2D eigenvalue weighted by Crippen LogP contribution is -2.40. The molecule has 0 bridgehead atoms. The standard InChI is InChI=1S/C36H39ClN6O/c1-41(35(44)27-10-3-2-4-11-27)25-29(28-12-9-13-30(37)24-28)17-21-42-22-18-31(19-23-42)39-36-40-33-15-5-6-16-34(33)43(36)26-32-14-7-8-20-38-32/h2-16,20,24,29,31H,17-19,21-23,25-26H2,1H3,(H,39,40). The van der Waals surface area contributed by atoms with Gasteiger partial charge in [-0.3, -0.25) is 9.78 Å². The van der Waals surface area contributed by atoms with Gasteiger partial charge in [0, 0.05) is 55.4 Å². The molecule has 2 aromatic heterocycles. The molecule has 1 atom stereocenters. The van der Waals surface area contributed by atoms with Gasteiger partial charge >= 0.3 is 0 Å². The van der Waals surface area contributed by atoms with E-state index in [1.54, 1.807) is 0 Å². The second-order valence-corrected chi connectivity index (χ2v) is 12.1. The Morgan fingerprint density at radius 3 is 2.52 bits per heavy atom. The summed E-state index contributed by atoms with van der Waals surface area (Å²) < 4.78 is 2.24. The molecule has 0 radical (unpaired) electrons. The summed E-state index contributed by atoms with van der Waals surface area (Å²) in [6.07, 6.45) is 4.88. The van der Waals surface area contributed by atoms with Crippen LogP contribution in [0.2, 0.25) is 5.02 Å². The number of benzene rings is 3. The Morgan fingerprint density at radius 2 is 1.75 bits per heavy atom. The van der Waals surface area contributed by atoms with Crippen LogP contribution in [0.1, 0.15) is 46.8 Å². The summed E-state index contributed by atoms with van der Waals surface area (Å²) in [7, 11) is 1.89. The number of rotatable bonds is 11. The number of halogens is 1. The third kappa shape index (κ3) is 7.29. The van der Waals surface area contributed by atoms with Crippen molar-refractivity contribution in [3.8, 4) is 0 Å². The van der Waals surface area contributed by atoms with Gasteiger partial charge < -0.3 is 19.7 Å². The lowest BCUT2D eigenvalue weighted by molar-refractivity contribution is 0.0782. The largest absolute Gasteiger partial charge is 0.353 e. The maximum Gasteiger partial charge on any atom is 0.253 e. The van der Waals surface area contributed by atoms with Gasteiger partial charge in [0.05, 0.1) is 23.3 Å². The molecule has 0 saturated carbocycles. The van der Waals surface area contributed by atoms with Gasteiger partial charge in [-0.1, -0.05) is 60.1 Å². The number of imidazole rings is 1. The third-order valence-electron chi connectivity index (χ3n) is 8.60. The summed E-state index contributed by atoms with van der Waals surface area (Å²) >= 11 is 6.39. The Bertz CT molecular complexity index is 1670. The van der Waals surface area contributed by atoms with Crippen LogP contribution in [0.5, 0.6) is 0 Å². The van der Waals surface area contributed by atoms with Gasteiger partial charge in [0.25, 0.3) is 5.91 Å². The number of likely N-dealkylation sites (tertiary alicyclic amines) is 1. The van der Waals surface area contributed by atoms with Gasteiger partial charge in [-0.25, -0.2) is 4.98 Å². The molecule has 1 fully saturated rings. The number of fused-ring (bicyclic) bond motifs is 1. The van der Waals surface area contributed by atoms with E-state index in [1.807, 2.05) is 84.9 Å². The number of carbonyl (C=O) groups excluding carboxylic acids is 1. The van der Waals surface area contributed by atoms with E-state index in [2.05, 4.69) is 50.1 Å². The van der Waals surface area contributed by atoms with Crippen LogP contribution in [0.4, 0.5) is 5.95 Å². The molecule has 3 aromatic carbocycles. The van der Waals surface area contributed by atoms with Gasteiger partial charge in [0.15, 0.2) is 0 Å². The number of piperidine rings is 1. The Kier molecular flexibility index (Phi) is 9.54. The second-order valence-electron chi connectivity index (χ2n) is 11.7. The van der Waals surface area contributed by atoms with E-state index in [9.17, 15) is 4.79 Å². The fourth-order valence-electron chi connectivity index (χ4n) is 6.16. The van der Waals surface area contributed by atoms with E-state index < -0.39 is 0 Å². The number of para-hydroxylation sites is 2. The minimum atomic E-state index is 0.0404. The highest BCUT2D eigenvalue weighted by molar-refractivity contribution is 6.30. The molecule has 0 aliphatic carbocycles. The van der Waals surface area contributed by atoms with Crippen molar-refractivity contribution in [2.75, 3.05) is 38.5 Å². The van der Waals surface area contributed by atoms with Gasteiger partial charge in [-0.2, -0.15) is 0 Å². The number of hydrogen-bond acceptors (Lipinski definition) is 5. The fourth-order valence-corrected chi connectivity index (χ4v) is 6.36. The minimum Gasteiger partial charge on any atom is -0.353 e. The van der Waals surface area contributed by atoms with E-state index in [0.29, 0.717) is 24.7 Å². The molecule has 1 saturated heterocycles. The van der Waals surface area contributed by atoms with E-state index in [0.717, 1.165) is 66.6 Å². The van der Waals surface area contributed by atoms with Crippen LogP contribution in [0.25, 0.3) is 11.0 Å². The predicted octanol–water partition coefficient (Wildman–Crippen LogP) is 6.96. The number of amides is 1. The lowest BCUT2D eigenvalue weighted by Gasteiger charge is -2.34. The topological polar surface area (TPSA) is 66.3 Å². The monoisotopic (exact) mass is 606 g/mol. The predicted molar refractivity (Wildman–Crippen MR) is 178 cm³/mol. The third-order valence-corrected chi connectivity index (χ3v) is 8.83. The zero-order valence-electron chi connectivity index (χ0n) is 25.1. The molecule has 0 spiro atoms. The second kappa shape index (κ2) is 14.1. The first-order valence-electron chi connectivity index (χ1n) is 15.4. The van der Waals surface area contributed by atoms with E-state index in [1.165, 1.54) is 5.56 Å². The molecule has 3 heterocycles. The molecule has 1 amide bonds. The van der Waals surface area contributed by atoms with Crippen LogP contribution < -0.4 is 5.32 Å². The summed E-state index contributed by atoms with van der Waals surface area (Å²) in [5.74, 6) is 1.13. The maximum atomic E-state index is 13.1. The van der Waals surface area contributed by atoms with Gasteiger partial charge in [0.1, 0.15) is 0 Å². The van der Waals surface area contributed by atoms with Gasteiger partial charge in [0.2, 0.25) is 5.95 Å². The van der Waals surface area contributed by atoms with Crippen molar-refractivity contribution in [2.24, 2.45) is 0 Å². The molecule has 226 valence electrons. The minimum absolute atomic E-state index is 0.0404. The number of likely N-dealkylation sites (N-methyl/N-ethyl adjacent to an activating group) is 1. The zero-order chi connectivity index (χ0) is 30.3. The number of hydrogen-bond donors (Lipinski definition) is 1. The first kappa shape index (κ1) is 29.9. The van der Waals surface area contributed by atoms with Crippen LogP contribution in [0, 0.1) is 0 Å². The molecule has 8 heteroatoms. The van der Waals surface area contributed by atoms with E-state index >= 15 is 0 Å². The van der Waals surface area contributed by atoms with Crippen molar-refractivity contribution in [3.05, 3.63) is 125 Å². The summed E-state index contributed by atoms with van der Waals surface area (Å²) in [5.41, 5.74) is 5.00. The highest BCUT2D eigenvalue weighted by Crippen LogP contribution is 2.27. The van der Waals surface area contributed by atoms with E-state index in [-0.39, 0.29) is 11.8 Å². The van der Waals surface area contributed by atoms with Crippen LogP contribution in [0.3, 0.4) is 0 Å². The quantitative estimate of drug-likeness (QED) is 0.176. The fraction of sp³-hybridized carbons (Fsp3) is 0.306. The summed E-state index contributed by atoms with van der Waals surface area (Å²) in [4.78, 5) is 27.0. The van der Waals surface area contributed by atoms with E-state index in [4.69, 9.17) is 16.6 Å². The van der Waals surface area contributed by atoms with Crippen molar-refractivity contribution in [1.82, 2.24) is 24.3 Å². The van der Waals surface area contributed by atoms with Crippen LogP contribution >= 0.6 is 11.6 Å². The highest BCUT2D eigenvalue weighted by atomic mass is 35.5. The number of nitrogens with zero attached hydrogens (tertiary/aromatic N) is 5. The molecule has 1 N–H and O–H groups in total. The van der Waals surface area contributed by atoms with Crippen LogP contribution in [-0.4, -0.2) is 69.5 Å². The maximum absolute atomic E-state index is 13.1. The number of carbonyl (C=O) groups is 1. The average molecular weight is 607 g/mol. The molecule has 1 unspecified atom stereocenters. The molecular formula is C36H39ClN6O. The van der Waals surface area contributed by atoms with Crippen molar-refractivity contribution in [3.63, 3.8) is 0 Å². The Hall–Kier alpha value is -4.20. The molecular weight excluding hydrogens is 568 g/mol. The lowest BCUT2D eigenvalue weighted by atomic mass is 9.94. The number of anilines is 1. The summed E-state index contributed by atoms with van der Waals surface area (Å²) in [5, 5.41) is 4.50. The van der Waals surface area contributed by atoms with Crippen molar-refractivity contribution < 1.29 is 4.79 Å². The normalized spacial score (nSPS) is 14.9. The molecule has 5 aromatic rings. The summed E-state index contributed by atoms with van der Waals surface area (Å²) in [6, 6.07) is 32.3. The van der Waals surface area contributed by atoms with Crippen molar-refractivity contribution in [2.45, 2.75) is 37.8 Å².